The van der Waals surface area contributed by atoms with Crippen molar-refractivity contribution in [2.24, 2.45) is 0 Å². The van der Waals surface area contributed by atoms with E-state index in [4.69, 9.17) is 0 Å². The molecule has 0 aromatic carbocycles. The van der Waals surface area contributed by atoms with Gasteiger partial charge in [0, 0.05) is 26.2 Å². The zero-order chi connectivity index (χ0) is 14.1. The Bertz CT molecular complexity index is 593. The van der Waals surface area contributed by atoms with Crippen molar-refractivity contribution in [3.63, 3.8) is 0 Å². The SMILES string of the molecule is CNc1nc(N2CCCN(C)CC2C)c2[nH]cnc2n1. The number of nitrogens with zero attached hydrogens (tertiary/aromatic N) is 5. The van der Waals surface area contributed by atoms with Gasteiger partial charge in [0.05, 0.1) is 6.33 Å². The molecule has 3 heterocycles. The summed E-state index contributed by atoms with van der Waals surface area (Å²) in [5.74, 6) is 1.56. The molecule has 2 aromatic heterocycles. The minimum Gasteiger partial charge on any atom is -0.357 e. The summed E-state index contributed by atoms with van der Waals surface area (Å²) < 4.78 is 0. The molecule has 0 saturated carbocycles. The molecule has 0 bridgehead atoms. The highest BCUT2D eigenvalue weighted by molar-refractivity contribution is 5.84. The highest BCUT2D eigenvalue weighted by Crippen LogP contribution is 2.25. The van der Waals surface area contributed by atoms with Gasteiger partial charge in [-0.05, 0) is 26.9 Å². The lowest BCUT2D eigenvalue weighted by atomic mass is 10.2. The summed E-state index contributed by atoms with van der Waals surface area (Å²) >= 11 is 0. The molecule has 1 atom stereocenters. The monoisotopic (exact) mass is 275 g/mol. The highest BCUT2D eigenvalue weighted by Gasteiger charge is 2.24. The number of anilines is 2. The van der Waals surface area contributed by atoms with Gasteiger partial charge >= 0.3 is 0 Å². The fraction of sp³-hybridized carbons (Fsp3) is 0.615. The Balaban J connectivity index is 2.05. The number of H-pyrrole nitrogens is 1. The average molecular weight is 275 g/mol. The van der Waals surface area contributed by atoms with Gasteiger partial charge in [0.25, 0.3) is 0 Å². The molecule has 1 fully saturated rings. The Morgan fingerprint density at radius 1 is 1.35 bits per heavy atom. The molecule has 7 heteroatoms. The smallest absolute Gasteiger partial charge is 0.226 e. The van der Waals surface area contributed by atoms with Crippen LogP contribution >= 0.6 is 0 Å². The Morgan fingerprint density at radius 3 is 3.00 bits per heavy atom. The van der Waals surface area contributed by atoms with E-state index in [1.165, 1.54) is 0 Å². The summed E-state index contributed by atoms with van der Waals surface area (Å²) in [6, 6.07) is 0.411. The van der Waals surface area contributed by atoms with E-state index < -0.39 is 0 Å². The van der Waals surface area contributed by atoms with Crippen LogP contribution in [0.4, 0.5) is 11.8 Å². The van der Waals surface area contributed by atoms with Crippen LogP contribution in [-0.4, -0.2) is 64.6 Å². The predicted molar refractivity (Wildman–Crippen MR) is 80.2 cm³/mol. The molecular weight excluding hydrogens is 254 g/mol. The number of rotatable bonds is 2. The van der Waals surface area contributed by atoms with Crippen molar-refractivity contribution in [3.05, 3.63) is 6.33 Å². The fourth-order valence-corrected chi connectivity index (χ4v) is 2.82. The van der Waals surface area contributed by atoms with Crippen LogP contribution in [0.3, 0.4) is 0 Å². The molecule has 1 aliphatic heterocycles. The van der Waals surface area contributed by atoms with Gasteiger partial charge in [0.15, 0.2) is 11.5 Å². The van der Waals surface area contributed by atoms with E-state index in [0.717, 1.165) is 37.4 Å². The lowest BCUT2D eigenvalue weighted by Crippen LogP contribution is -2.38. The van der Waals surface area contributed by atoms with Gasteiger partial charge in [0.1, 0.15) is 5.52 Å². The molecule has 2 N–H and O–H groups in total. The molecule has 1 aliphatic rings. The van der Waals surface area contributed by atoms with Crippen LogP contribution in [0.1, 0.15) is 13.3 Å². The largest absolute Gasteiger partial charge is 0.357 e. The summed E-state index contributed by atoms with van der Waals surface area (Å²) in [6.45, 7) is 5.40. The number of nitrogens with one attached hydrogen (secondary N) is 2. The third-order valence-electron chi connectivity index (χ3n) is 3.81. The lowest BCUT2D eigenvalue weighted by Gasteiger charge is -2.29. The van der Waals surface area contributed by atoms with Crippen molar-refractivity contribution < 1.29 is 0 Å². The van der Waals surface area contributed by atoms with Gasteiger partial charge < -0.3 is 20.1 Å². The van der Waals surface area contributed by atoms with Crippen LogP contribution in [-0.2, 0) is 0 Å². The van der Waals surface area contributed by atoms with Crippen LogP contribution in [0, 0.1) is 0 Å². The molecular formula is C13H21N7. The van der Waals surface area contributed by atoms with Crippen LogP contribution in [0.25, 0.3) is 11.2 Å². The quantitative estimate of drug-likeness (QED) is 0.849. The molecule has 0 radical (unpaired) electrons. The van der Waals surface area contributed by atoms with E-state index >= 15 is 0 Å². The van der Waals surface area contributed by atoms with Crippen LogP contribution < -0.4 is 10.2 Å². The molecule has 2 aromatic rings. The minimum atomic E-state index is 0.411. The summed E-state index contributed by atoms with van der Waals surface area (Å²) in [5.41, 5.74) is 1.63. The first-order valence-electron chi connectivity index (χ1n) is 7.03. The summed E-state index contributed by atoms with van der Waals surface area (Å²) in [7, 11) is 4.00. The number of aromatic amines is 1. The van der Waals surface area contributed by atoms with Gasteiger partial charge in [-0.1, -0.05) is 0 Å². The van der Waals surface area contributed by atoms with E-state index in [1.807, 2.05) is 7.05 Å². The Hall–Kier alpha value is -1.89. The molecule has 0 amide bonds. The normalized spacial score (nSPS) is 21.1. The molecule has 3 rings (SSSR count). The van der Waals surface area contributed by atoms with Gasteiger partial charge in [-0.3, -0.25) is 0 Å². The molecule has 20 heavy (non-hydrogen) atoms. The predicted octanol–water partition coefficient (Wildman–Crippen LogP) is 0.925. The zero-order valence-corrected chi connectivity index (χ0v) is 12.2. The molecule has 1 unspecified atom stereocenters. The average Bonchev–Trinajstić information content (AvgIpc) is 2.84. The third-order valence-corrected chi connectivity index (χ3v) is 3.81. The van der Waals surface area contributed by atoms with Gasteiger partial charge in [-0.2, -0.15) is 9.97 Å². The topological polar surface area (TPSA) is 73.0 Å². The lowest BCUT2D eigenvalue weighted by molar-refractivity contribution is 0.337. The van der Waals surface area contributed by atoms with Crippen molar-refractivity contribution >= 4 is 22.9 Å². The second kappa shape index (κ2) is 5.24. The van der Waals surface area contributed by atoms with Crippen LogP contribution in [0.15, 0.2) is 6.33 Å². The molecule has 1 saturated heterocycles. The first-order valence-corrected chi connectivity index (χ1v) is 7.03. The maximum absolute atomic E-state index is 4.65. The first kappa shape index (κ1) is 13.1. The summed E-state index contributed by atoms with van der Waals surface area (Å²) in [4.78, 5) is 21.2. The van der Waals surface area contributed by atoms with Crippen molar-refractivity contribution in [1.29, 1.82) is 0 Å². The second-order valence-electron chi connectivity index (χ2n) is 5.38. The van der Waals surface area contributed by atoms with Crippen molar-refractivity contribution in [3.8, 4) is 0 Å². The van der Waals surface area contributed by atoms with E-state index in [0.29, 0.717) is 17.6 Å². The third kappa shape index (κ3) is 2.29. The van der Waals surface area contributed by atoms with Gasteiger partial charge in [-0.25, -0.2) is 4.98 Å². The zero-order valence-electron chi connectivity index (χ0n) is 12.2. The first-order chi connectivity index (χ1) is 9.69. The van der Waals surface area contributed by atoms with Gasteiger partial charge in [-0.15, -0.1) is 0 Å². The fourth-order valence-electron chi connectivity index (χ4n) is 2.82. The standard InChI is InChI=1S/C13H21N7/c1-9-7-19(3)5-4-6-20(9)12-10-11(16-8-15-10)17-13(14-2)18-12/h8-9H,4-7H2,1-3H3,(H2,14,15,16,17,18). The van der Waals surface area contributed by atoms with Crippen LogP contribution in [0.2, 0.25) is 0 Å². The Labute approximate surface area is 118 Å². The number of likely N-dealkylation sites (N-methyl/N-ethyl adjacent to an activating group) is 1. The van der Waals surface area contributed by atoms with Gasteiger partial charge in [0.2, 0.25) is 5.95 Å². The van der Waals surface area contributed by atoms with E-state index in [9.17, 15) is 0 Å². The Kier molecular flexibility index (Phi) is 3.43. The summed E-state index contributed by atoms with van der Waals surface area (Å²) in [6.07, 6.45) is 2.81. The number of fused-ring (bicyclic) bond motifs is 1. The number of hydrogen-bond donors (Lipinski definition) is 2. The highest BCUT2D eigenvalue weighted by atomic mass is 15.3. The molecule has 0 spiro atoms. The van der Waals surface area contributed by atoms with E-state index in [1.54, 1.807) is 6.33 Å². The number of aromatic nitrogens is 4. The van der Waals surface area contributed by atoms with Crippen molar-refractivity contribution in [2.45, 2.75) is 19.4 Å². The maximum Gasteiger partial charge on any atom is 0.226 e. The molecule has 108 valence electrons. The maximum atomic E-state index is 4.65. The number of imidazole rings is 1. The van der Waals surface area contributed by atoms with E-state index in [-0.39, 0.29) is 0 Å². The number of hydrogen-bond acceptors (Lipinski definition) is 6. The molecule has 7 nitrogen and oxygen atoms in total. The van der Waals surface area contributed by atoms with Crippen LogP contribution in [0.5, 0.6) is 0 Å². The van der Waals surface area contributed by atoms with Crippen molar-refractivity contribution in [1.82, 2.24) is 24.8 Å². The van der Waals surface area contributed by atoms with Crippen molar-refractivity contribution in [2.75, 3.05) is 43.9 Å². The minimum absolute atomic E-state index is 0.411. The summed E-state index contributed by atoms with van der Waals surface area (Å²) in [5, 5.41) is 3.01. The van der Waals surface area contributed by atoms with E-state index in [2.05, 4.69) is 49.0 Å². The Morgan fingerprint density at radius 2 is 2.20 bits per heavy atom. The molecule has 0 aliphatic carbocycles. The second-order valence-corrected chi connectivity index (χ2v) is 5.38.